The van der Waals surface area contributed by atoms with Crippen molar-refractivity contribution in [3.8, 4) is 0 Å². The van der Waals surface area contributed by atoms with Gasteiger partial charge in [-0.3, -0.25) is 0 Å². The first-order valence-electron chi connectivity index (χ1n) is 7.25. The van der Waals surface area contributed by atoms with Crippen LogP contribution in [0.5, 0.6) is 0 Å². The van der Waals surface area contributed by atoms with Crippen LogP contribution in [0.15, 0.2) is 72.3 Å². The molecule has 0 atom stereocenters. The van der Waals surface area contributed by atoms with Crippen molar-refractivity contribution >= 4 is 11.9 Å². The molecular weight excluding hydrogens is 292 g/mol. The molecule has 0 saturated heterocycles. The second-order valence-corrected chi connectivity index (χ2v) is 4.98. The normalized spacial score (nSPS) is 10.9. The van der Waals surface area contributed by atoms with Crippen LogP contribution in [0.2, 0.25) is 0 Å². The predicted octanol–water partition coefficient (Wildman–Crippen LogP) is 3.42. The van der Waals surface area contributed by atoms with Crippen LogP contribution in [0.4, 0.5) is 0 Å². The molecule has 0 amide bonds. The highest BCUT2D eigenvalue weighted by atomic mass is 16.5. The van der Waals surface area contributed by atoms with E-state index in [-0.39, 0.29) is 18.8 Å². The molecule has 4 heteroatoms. The fraction of sp³-hybridized carbons (Fsp3) is 0.158. The monoisotopic (exact) mass is 310 g/mol. The lowest BCUT2D eigenvalue weighted by atomic mass is 10.2. The summed E-state index contributed by atoms with van der Waals surface area (Å²) >= 11 is 0. The van der Waals surface area contributed by atoms with Crippen LogP contribution in [-0.4, -0.2) is 11.9 Å². The lowest BCUT2D eigenvalue weighted by Gasteiger charge is -2.05. The molecule has 118 valence electrons. The highest BCUT2D eigenvalue weighted by molar-refractivity contribution is 5.95. The molecule has 0 aliphatic rings. The molecule has 0 fully saturated rings. The van der Waals surface area contributed by atoms with Gasteiger partial charge in [0.15, 0.2) is 0 Å². The van der Waals surface area contributed by atoms with Gasteiger partial charge in [0.25, 0.3) is 0 Å². The minimum absolute atomic E-state index is 0.169. The number of hydrogen-bond acceptors (Lipinski definition) is 4. The fourth-order valence-electron chi connectivity index (χ4n) is 1.84. The molecule has 23 heavy (non-hydrogen) atoms. The van der Waals surface area contributed by atoms with E-state index in [1.165, 1.54) is 6.92 Å². The van der Waals surface area contributed by atoms with Gasteiger partial charge in [0.05, 0.1) is 0 Å². The molecule has 4 nitrogen and oxygen atoms in total. The molecule has 2 aromatic carbocycles. The quantitative estimate of drug-likeness (QED) is 0.606. The van der Waals surface area contributed by atoms with Crippen molar-refractivity contribution in [2.24, 2.45) is 0 Å². The lowest BCUT2D eigenvalue weighted by Crippen LogP contribution is -2.09. The lowest BCUT2D eigenvalue weighted by molar-refractivity contribution is -0.142. The Bertz CT molecular complexity index is 675. The average molecular weight is 310 g/mol. The summed E-state index contributed by atoms with van der Waals surface area (Å²) in [7, 11) is 0. The van der Waals surface area contributed by atoms with E-state index in [0.29, 0.717) is 0 Å². The molecule has 0 N–H and O–H groups in total. The van der Waals surface area contributed by atoms with Crippen molar-refractivity contribution in [2.75, 3.05) is 0 Å². The minimum Gasteiger partial charge on any atom is -0.458 e. The molecule has 0 bridgehead atoms. The van der Waals surface area contributed by atoms with Gasteiger partial charge in [-0.05, 0) is 18.1 Å². The number of carbonyl (C=O) groups is 2. The molecule has 0 heterocycles. The van der Waals surface area contributed by atoms with E-state index < -0.39 is 11.9 Å². The largest absolute Gasteiger partial charge is 0.458 e. The third kappa shape index (κ3) is 5.79. The van der Waals surface area contributed by atoms with E-state index in [1.807, 2.05) is 60.7 Å². The Balaban J connectivity index is 1.80. The SMILES string of the molecule is C/C(=C/C(=O)OCc1ccccc1)C(=O)OCc1ccccc1. The van der Waals surface area contributed by atoms with Gasteiger partial charge in [0, 0.05) is 11.6 Å². The third-order valence-corrected chi connectivity index (χ3v) is 3.09. The van der Waals surface area contributed by atoms with Crippen molar-refractivity contribution in [1.82, 2.24) is 0 Å². The van der Waals surface area contributed by atoms with Crippen molar-refractivity contribution < 1.29 is 19.1 Å². The topological polar surface area (TPSA) is 52.6 Å². The maximum Gasteiger partial charge on any atom is 0.334 e. The zero-order valence-corrected chi connectivity index (χ0v) is 12.9. The van der Waals surface area contributed by atoms with E-state index >= 15 is 0 Å². The van der Waals surface area contributed by atoms with Crippen LogP contribution < -0.4 is 0 Å². The van der Waals surface area contributed by atoms with Gasteiger partial charge in [-0.1, -0.05) is 60.7 Å². The van der Waals surface area contributed by atoms with E-state index in [1.54, 1.807) is 0 Å². The Hall–Kier alpha value is -2.88. The molecule has 2 aromatic rings. The zero-order valence-electron chi connectivity index (χ0n) is 12.9. The van der Waals surface area contributed by atoms with E-state index in [2.05, 4.69) is 0 Å². The zero-order chi connectivity index (χ0) is 16.5. The standard InChI is InChI=1S/C19H18O4/c1-15(19(21)23-14-17-10-6-3-7-11-17)12-18(20)22-13-16-8-4-2-5-9-16/h2-12H,13-14H2,1H3/b15-12-. The Kier molecular flexibility index (Phi) is 6.12. The second-order valence-electron chi connectivity index (χ2n) is 4.98. The molecule has 2 rings (SSSR count). The van der Waals surface area contributed by atoms with Crippen molar-refractivity contribution in [2.45, 2.75) is 20.1 Å². The van der Waals surface area contributed by atoms with E-state index in [4.69, 9.17) is 9.47 Å². The number of benzene rings is 2. The van der Waals surface area contributed by atoms with Crippen molar-refractivity contribution in [3.05, 3.63) is 83.4 Å². The van der Waals surface area contributed by atoms with Gasteiger partial charge in [-0.2, -0.15) is 0 Å². The summed E-state index contributed by atoms with van der Waals surface area (Å²) in [6, 6.07) is 18.7. The number of esters is 2. The summed E-state index contributed by atoms with van der Waals surface area (Å²) in [6.45, 7) is 1.86. The van der Waals surface area contributed by atoms with Crippen molar-refractivity contribution in [1.29, 1.82) is 0 Å². The Morgan fingerprint density at radius 2 is 1.30 bits per heavy atom. The molecule has 0 aromatic heterocycles. The Morgan fingerprint density at radius 3 is 1.83 bits per heavy atom. The Morgan fingerprint density at radius 1 is 0.826 bits per heavy atom. The second kappa shape index (κ2) is 8.54. The molecule has 0 radical (unpaired) electrons. The van der Waals surface area contributed by atoms with E-state index in [9.17, 15) is 9.59 Å². The highest BCUT2D eigenvalue weighted by Crippen LogP contribution is 2.06. The summed E-state index contributed by atoms with van der Waals surface area (Å²) in [5.41, 5.74) is 1.98. The van der Waals surface area contributed by atoms with Crippen LogP contribution >= 0.6 is 0 Å². The minimum atomic E-state index is -0.567. The molecule has 0 unspecified atom stereocenters. The van der Waals surface area contributed by atoms with Crippen LogP contribution in [0.1, 0.15) is 18.1 Å². The highest BCUT2D eigenvalue weighted by Gasteiger charge is 2.09. The first-order valence-corrected chi connectivity index (χ1v) is 7.25. The Labute approximate surface area is 135 Å². The van der Waals surface area contributed by atoms with Gasteiger partial charge < -0.3 is 9.47 Å². The van der Waals surface area contributed by atoms with Gasteiger partial charge in [-0.15, -0.1) is 0 Å². The summed E-state index contributed by atoms with van der Waals surface area (Å²) in [4.78, 5) is 23.5. The van der Waals surface area contributed by atoms with Gasteiger partial charge in [-0.25, -0.2) is 9.59 Å². The summed E-state index contributed by atoms with van der Waals surface area (Å²) in [6.07, 6.45) is 1.15. The molecular formula is C19H18O4. The number of ether oxygens (including phenoxy) is 2. The van der Waals surface area contributed by atoms with E-state index in [0.717, 1.165) is 17.2 Å². The molecule has 0 aliphatic heterocycles. The fourth-order valence-corrected chi connectivity index (χ4v) is 1.84. The van der Waals surface area contributed by atoms with Crippen LogP contribution in [-0.2, 0) is 32.3 Å². The van der Waals surface area contributed by atoms with Gasteiger partial charge in [0.1, 0.15) is 13.2 Å². The maximum absolute atomic E-state index is 11.8. The summed E-state index contributed by atoms with van der Waals surface area (Å²) < 4.78 is 10.2. The first kappa shape index (κ1) is 16.5. The smallest absolute Gasteiger partial charge is 0.334 e. The van der Waals surface area contributed by atoms with Crippen LogP contribution in [0, 0.1) is 0 Å². The van der Waals surface area contributed by atoms with Gasteiger partial charge in [0.2, 0.25) is 0 Å². The predicted molar refractivity (Wildman–Crippen MR) is 86.2 cm³/mol. The summed E-state index contributed by atoms with van der Waals surface area (Å²) in [5.74, 6) is -1.10. The number of hydrogen-bond donors (Lipinski definition) is 0. The first-order chi connectivity index (χ1) is 11.1. The van der Waals surface area contributed by atoms with Crippen molar-refractivity contribution in [3.63, 3.8) is 0 Å². The van der Waals surface area contributed by atoms with Gasteiger partial charge >= 0.3 is 11.9 Å². The molecule has 0 saturated carbocycles. The average Bonchev–Trinajstić information content (AvgIpc) is 2.59. The van der Waals surface area contributed by atoms with Crippen LogP contribution in [0.25, 0.3) is 0 Å². The molecule has 0 spiro atoms. The number of carbonyl (C=O) groups excluding carboxylic acids is 2. The van der Waals surface area contributed by atoms with Crippen LogP contribution in [0.3, 0.4) is 0 Å². The molecule has 0 aliphatic carbocycles. The summed E-state index contributed by atoms with van der Waals surface area (Å²) in [5, 5.41) is 0. The third-order valence-electron chi connectivity index (χ3n) is 3.09. The maximum atomic E-state index is 11.8. The number of rotatable bonds is 6.